The van der Waals surface area contributed by atoms with Gasteiger partial charge in [-0.15, -0.1) is 0 Å². The zero-order valence-corrected chi connectivity index (χ0v) is 12.7. The Morgan fingerprint density at radius 3 is 3.18 bits per heavy atom. The second-order valence-corrected chi connectivity index (χ2v) is 5.68. The molecule has 22 heavy (non-hydrogen) atoms. The van der Waals surface area contributed by atoms with Gasteiger partial charge in [-0.3, -0.25) is 14.2 Å². The number of hydrogen-bond donors (Lipinski definition) is 1. The Bertz CT molecular complexity index is 775. The fraction of sp³-hybridized carbons (Fsp3) is 0.286. The van der Waals surface area contributed by atoms with Gasteiger partial charge in [0.25, 0.3) is 11.5 Å². The van der Waals surface area contributed by atoms with Crippen LogP contribution in [0.5, 0.6) is 5.88 Å². The van der Waals surface area contributed by atoms with Gasteiger partial charge in [-0.05, 0) is 6.07 Å². The van der Waals surface area contributed by atoms with Gasteiger partial charge in [0.1, 0.15) is 5.56 Å². The smallest absolute Gasteiger partial charge is 0.267 e. The van der Waals surface area contributed by atoms with E-state index in [0.717, 1.165) is 11.3 Å². The van der Waals surface area contributed by atoms with Crippen LogP contribution in [0.25, 0.3) is 0 Å². The predicted molar refractivity (Wildman–Crippen MR) is 81.2 cm³/mol. The number of hydrogen-bond acceptors (Lipinski definition) is 6. The average Bonchev–Trinajstić information content (AvgIpc) is 3.02. The number of nitrogens with zero attached hydrogens (tertiary/aromatic N) is 3. The Morgan fingerprint density at radius 2 is 2.36 bits per heavy atom. The van der Waals surface area contributed by atoms with E-state index in [4.69, 9.17) is 4.74 Å². The summed E-state index contributed by atoms with van der Waals surface area (Å²) in [5.74, 6) is 0.804. The van der Waals surface area contributed by atoms with Crippen LogP contribution in [0.2, 0.25) is 0 Å². The van der Waals surface area contributed by atoms with Crippen LogP contribution in [0.3, 0.4) is 0 Å². The van der Waals surface area contributed by atoms with Gasteiger partial charge in [0, 0.05) is 36.8 Å². The fourth-order valence-corrected chi connectivity index (χ4v) is 3.10. The van der Waals surface area contributed by atoms with Crippen LogP contribution in [0.1, 0.15) is 15.9 Å². The molecular formula is C14H14N4O3S. The van der Waals surface area contributed by atoms with Crippen molar-refractivity contribution in [3.8, 4) is 5.88 Å². The van der Waals surface area contributed by atoms with E-state index in [1.807, 2.05) is 0 Å². The third-order valence-corrected chi connectivity index (χ3v) is 4.25. The molecule has 114 valence electrons. The summed E-state index contributed by atoms with van der Waals surface area (Å²) >= 11 is 1.51. The summed E-state index contributed by atoms with van der Waals surface area (Å²) in [5, 5.41) is 3.37. The maximum Gasteiger partial charge on any atom is 0.267 e. The van der Waals surface area contributed by atoms with E-state index in [1.165, 1.54) is 29.6 Å². The lowest BCUT2D eigenvalue weighted by Gasteiger charge is -2.09. The molecule has 0 saturated carbocycles. The molecule has 0 saturated heterocycles. The van der Waals surface area contributed by atoms with E-state index in [9.17, 15) is 9.59 Å². The standard InChI is InChI=1S/C14H14N4O3S/c1-21-12-9(3-2-4-15-12)7-16-11(19)10-8-17-14-18(13(10)20)5-6-22-14/h2-4,8H,5-7H2,1H3,(H,16,19). The van der Waals surface area contributed by atoms with Gasteiger partial charge in [-0.25, -0.2) is 9.97 Å². The second-order valence-electron chi connectivity index (χ2n) is 4.61. The third kappa shape index (κ3) is 2.69. The van der Waals surface area contributed by atoms with Crippen molar-refractivity contribution >= 4 is 17.7 Å². The molecule has 2 aromatic heterocycles. The summed E-state index contributed by atoms with van der Waals surface area (Å²) in [6.07, 6.45) is 2.95. The number of amides is 1. The molecule has 2 aromatic rings. The van der Waals surface area contributed by atoms with Crippen molar-refractivity contribution in [3.63, 3.8) is 0 Å². The SMILES string of the molecule is COc1ncccc1CNC(=O)c1cnc2n(c1=O)CCS2. The topological polar surface area (TPSA) is 86.1 Å². The van der Waals surface area contributed by atoms with Crippen molar-refractivity contribution in [1.29, 1.82) is 0 Å². The minimum atomic E-state index is -0.449. The summed E-state index contributed by atoms with van der Waals surface area (Å²) in [5.41, 5.74) is 0.489. The average molecular weight is 318 g/mol. The van der Waals surface area contributed by atoms with Crippen LogP contribution in [0.4, 0.5) is 0 Å². The lowest BCUT2D eigenvalue weighted by Crippen LogP contribution is -2.33. The van der Waals surface area contributed by atoms with Crippen LogP contribution in [0.15, 0.2) is 34.5 Å². The lowest BCUT2D eigenvalue weighted by atomic mass is 10.2. The molecule has 3 rings (SSSR count). The molecule has 0 fully saturated rings. The molecule has 3 heterocycles. The first-order valence-corrected chi connectivity index (χ1v) is 7.68. The van der Waals surface area contributed by atoms with Gasteiger partial charge in [0.2, 0.25) is 5.88 Å². The van der Waals surface area contributed by atoms with Crippen molar-refractivity contribution < 1.29 is 9.53 Å². The Morgan fingerprint density at radius 1 is 1.50 bits per heavy atom. The van der Waals surface area contributed by atoms with Crippen LogP contribution < -0.4 is 15.6 Å². The molecule has 1 amide bonds. The number of carbonyl (C=O) groups is 1. The van der Waals surface area contributed by atoms with E-state index in [1.54, 1.807) is 18.3 Å². The largest absolute Gasteiger partial charge is 0.481 e. The van der Waals surface area contributed by atoms with Crippen molar-refractivity contribution in [2.75, 3.05) is 12.9 Å². The summed E-state index contributed by atoms with van der Waals surface area (Å²) in [6, 6.07) is 3.56. The van der Waals surface area contributed by atoms with Crippen LogP contribution in [0, 0.1) is 0 Å². The molecule has 7 nitrogen and oxygen atoms in total. The maximum atomic E-state index is 12.2. The normalized spacial score (nSPS) is 12.8. The Balaban J connectivity index is 1.77. The molecule has 0 radical (unpaired) electrons. The Labute approximate surface area is 130 Å². The lowest BCUT2D eigenvalue weighted by molar-refractivity contribution is 0.0947. The highest BCUT2D eigenvalue weighted by Gasteiger charge is 2.20. The molecule has 1 aliphatic heterocycles. The first-order valence-electron chi connectivity index (χ1n) is 6.69. The number of thioether (sulfide) groups is 1. The molecule has 0 atom stereocenters. The van der Waals surface area contributed by atoms with Crippen molar-refractivity contribution in [2.45, 2.75) is 18.2 Å². The molecular weight excluding hydrogens is 304 g/mol. The van der Waals surface area contributed by atoms with Gasteiger partial charge in [-0.2, -0.15) is 0 Å². The van der Waals surface area contributed by atoms with E-state index in [2.05, 4.69) is 15.3 Å². The van der Waals surface area contributed by atoms with Gasteiger partial charge >= 0.3 is 0 Å². The van der Waals surface area contributed by atoms with Crippen LogP contribution in [-0.4, -0.2) is 33.3 Å². The molecule has 0 aliphatic carbocycles. The molecule has 1 aliphatic rings. The predicted octanol–water partition coefficient (Wildman–Crippen LogP) is 0.683. The number of pyridine rings is 1. The summed E-state index contributed by atoms with van der Waals surface area (Å²) < 4.78 is 6.66. The maximum absolute atomic E-state index is 12.2. The van der Waals surface area contributed by atoms with Crippen LogP contribution in [-0.2, 0) is 13.1 Å². The highest BCUT2D eigenvalue weighted by Crippen LogP contribution is 2.20. The Kier molecular flexibility index (Phi) is 4.10. The highest BCUT2D eigenvalue weighted by atomic mass is 32.2. The molecule has 8 heteroatoms. The van der Waals surface area contributed by atoms with E-state index in [-0.39, 0.29) is 17.7 Å². The second kappa shape index (κ2) is 6.18. The monoisotopic (exact) mass is 318 g/mol. The van der Waals surface area contributed by atoms with E-state index < -0.39 is 5.91 Å². The number of carbonyl (C=O) groups excluding carboxylic acids is 1. The van der Waals surface area contributed by atoms with Gasteiger partial charge < -0.3 is 10.1 Å². The van der Waals surface area contributed by atoms with E-state index >= 15 is 0 Å². The zero-order valence-electron chi connectivity index (χ0n) is 11.9. The van der Waals surface area contributed by atoms with Gasteiger partial charge in [0.15, 0.2) is 5.16 Å². The quantitative estimate of drug-likeness (QED) is 0.835. The molecule has 0 aromatic carbocycles. The number of aromatic nitrogens is 3. The minimum absolute atomic E-state index is 0.0501. The highest BCUT2D eigenvalue weighted by molar-refractivity contribution is 7.99. The summed E-state index contributed by atoms with van der Waals surface area (Å²) in [6.45, 7) is 0.815. The van der Waals surface area contributed by atoms with E-state index in [0.29, 0.717) is 17.6 Å². The number of methoxy groups -OCH3 is 1. The van der Waals surface area contributed by atoms with Crippen molar-refractivity contribution in [1.82, 2.24) is 19.9 Å². The molecule has 0 unspecified atom stereocenters. The fourth-order valence-electron chi connectivity index (χ4n) is 2.19. The first-order chi connectivity index (χ1) is 10.7. The number of rotatable bonds is 4. The van der Waals surface area contributed by atoms with Crippen molar-refractivity contribution in [2.24, 2.45) is 0 Å². The molecule has 1 N–H and O–H groups in total. The summed E-state index contributed by atoms with van der Waals surface area (Å²) in [7, 11) is 1.52. The number of fused-ring (bicyclic) bond motifs is 1. The zero-order chi connectivity index (χ0) is 15.5. The Hall–Kier alpha value is -2.35. The van der Waals surface area contributed by atoms with Crippen LogP contribution >= 0.6 is 11.8 Å². The van der Waals surface area contributed by atoms with Gasteiger partial charge in [-0.1, -0.05) is 17.8 Å². The van der Waals surface area contributed by atoms with Gasteiger partial charge in [0.05, 0.1) is 7.11 Å². The van der Waals surface area contributed by atoms with Crippen molar-refractivity contribution in [3.05, 3.63) is 46.0 Å². The summed E-state index contributed by atoms with van der Waals surface area (Å²) in [4.78, 5) is 32.7. The number of nitrogens with one attached hydrogen (secondary N) is 1. The molecule has 0 spiro atoms. The number of ether oxygens (including phenoxy) is 1. The first kappa shape index (κ1) is 14.6. The third-order valence-electron chi connectivity index (χ3n) is 3.28. The molecule has 0 bridgehead atoms. The minimum Gasteiger partial charge on any atom is -0.481 e.